The second kappa shape index (κ2) is 7.31. The molecular formula is C18H26Fe. The van der Waals surface area contributed by atoms with Crippen molar-refractivity contribution in [2.24, 2.45) is 11.8 Å². The molecule has 19 heavy (non-hydrogen) atoms. The molecule has 0 saturated carbocycles. The van der Waals surface area contributed by atoms with Gasteiger partial charge in [0.2, 0.25) is 0 Å². The third kappa shape index (κ3) is 4.23. The molecule has 0 aromatic rings. The average Bonchev–Trinajstić information content (AvgIpc) is 2.66. The molecule has 2 aliphatic rings. The molecule has 0 N–H and O–H groups in total. The quantitative estimate of drug-likeness (QED) is 0.412. The summed E-state index contributed by atoms with van der Waals surface area (Å²) in [5.41, 5.74) is 8.49. The van der Waals surface area contributed by atoms with Crippen LogP contribution in [0.3, 0.4) is 0 Å². The summed E-state index contributed by atoms with van der Waals surface area (Å²) in [6.45, 7) is 17.3. The van der Waals surface area contributed by atoms with Crippen LogP contribution >= 0.6 is 0 Å². The summed E-state index contributed by atoms with van der Waals surface area (Å²) in [6.07, 6.45) is 6.72. The Morgan fingerprint density at radius 3 is 0.947 bits per heavy atom. The first-order valence-corrected chi connectivity index (χ1v) is 6.81. The topological polar surface area (TPSA) is 0 Å². The first-order chi connectivity index (χ1) is 8.25. The fraction of sp³-hybridized carbons (Fsp3) is 0.556. The summed E-state index contributed by atoms with van der Waals surface area (Å²) < 4.78 is 0. The molecule has 0 radical (unpaired) electrons. The predicted molar refractivity (Wildman–Crippen MR) is 79.9 cm³/mol. The smallest absolute Gasteiger partial charge is 0.266 e. The molecule has 2 aliphatic carbocycles. The standard InChI is InChI=1S/2C9H13.Fe/c2*1-6-5-7(2)9(4)8(6)3;/h2*6H,1-4H3;/q2*-1;+2. The maximum Gasteiger partial charge on any atom is 2.00 e. The van der Waals surface area contributed by atoms with E-state index in [9.17, 15) is 0 Å². The number of hydrogen-bond acceptors (Lipinski definition) is 0. The minimum absolute atomic E-state index is 0. The second-order valence-electron chi connectivity index (χ2n) is 5.60. The van der Waals surface area contributed by atoms with E-state index in [1.54, 1.807) is 0 Å². The van der Waals surface area contributed by atoms with Gasteiger partial charge in [0.15, 0.2) is 0 Å². The van der Waals surface area contributed by atoms with Crippen molar-refractivity contribution < 1.29 is 17.1 Å². The third-order valence-electron chi connectivity index (χ3n) is 4.47. The molecule has 0 nitrogen and oxygen atoms in total. The molecule has 2 atom stereocenters. The molecule has 0 spiro atoms. The summed E-state index contributed by atoms with van der Waals surface area (Å²) in [4.78, 5) is 0. The summed E-state index contributed by atoms with van der Waals surface area (Å²) in [5, 5.41) is 0. The van der Waals surface area contributed by atoms with Gasteiger partial charge in [-0.2, -0.15) is 22.3 Å². The zero-order valence-electron chi connectivity index (χ0n) is 13.5. The molecule has 0 bridgehead atoms. The summed E-state index contributed by atoms with van der Waals surface area (Å²) in [7, 11) is 0. The van der Waals surface area contributed by atoms with Crippen LogP contribution in [0.25, 0.3) is 0 Å². The Bertz CT molecular complexity index is 414. The van der Waals surface area contributed by atoms with Crippen molar-refractivity contribution in [1.82, 2.24) is 0 Å². The molecule has 0 aromatic heterocycles. The van der Waals surface area contributed by atoms with Gasteiger partial charge in [0.05, 0.1) is 0 Å². The summed E-state index contributed by atoms with van der Waals surface area (Å²) in [5.74, 6) is 1.12. The van der Waals surface area contributed by atoms with E-state index in [1.165, 1.54) is 33.4 Å². The van der Waals surface area contributed by atoms with Crippen molar-refractivity contribution in [2.45, 2.75) is 55.4 Å². The monoisotopic (exact) mass is 298 g/mol. The predicted octanol–water partition coefficient (Wildman–Crippen LogP) is 5.44. The van der Waals surface area contributed by atoms with Gasteiger partial charge >= 0.3 is 17.1 Å². The van der Waals surface area contributed by atoms with Gasteiger partial charge in [0, 0.05) is 0 Å². The van der Waals surface area contributed by atoms with Crippen LogP contribution in [-0.4, -0.2) is 0 Å². The Labute approximate surface area is 130 Å². The van der Waals surface area contributed by atoms with Crippen LogP contribution in [0.15, 0.2) is 33.4 Å². The molecular weight excluding hydrogens is 272 g/mol. The zero-order chi connectivity index (χ0) is 14.0. The largest absolute Gasteiger partial charge is 2.00 e. The molecule has 106 valence electrons. The zero-order valence-corrected chi connectivity index (χ0v) is 14.6. The number of rotatable bonds is 0. The molecule has 0 fully saturated rings. The second-order valence-corrected chi connectivity index (χ2v) is 5.60. The average molecular weight is 298 g/mol. The number of allylic oxidation sites excluding steroid dienone is 8. The van der Waals surface area contributed by atoms with E-state index in [0.717, 1.165) is 0 Å². The minimum atomic E-state index is 0. The first-order valence-electron chi connectivity index (χ1n) is 6.81. The molecule has 0 heterocycles. The number of hydrogen-bond donors (Lipinski definition) is 0. The molecule has 2 rings (SSSR count). The van der Waals surface area contributed by atoms with Gasteiger partial charge in [-0.15, -0.1) is 13.8 Å². The van der Waals surface area contributed by atoms with E-state index >= 15 is 0 Å². The van der Waals surface area contributed by atoms with Gasteiger partial charge in [-0.05, 0) is 0 Å². The molecule has 2 unspecified atom stereocenters. The van der Waals surface area contributed by atoms with Gasteiger partial charge in [-0.25, -0.2) is 11.1 Å². The Morgan fingerprint density at radius 1 is 0.632 bits per heavy atom. The van der Waals surface area contributed by atoms with E-state index in [0.29, 0.717) is 11.8 Å². The Hall–Kier alpha value is -0.521. The molecule has 0 aliphatic heterocycles. The molecule has 0 amide bonds. The van der Waals surface area contributed by atoms with Crippen molar-refractivity contribution in [2.75, 3.05) is 0 Å². The van der Waals surface area contributed by atoms with Crippen LogP contribution in [-0.2, 0) is 17.1 Å². The van der Waals surface area contributed by atoms with Crippen LogP contribution in [0.1, 0.15) is 55.4 Å². The summed E-state index contributed by atoms with van der Waals surface area (Å²) >= 11 is 0. The van der Waals surface area contributed by atoms with Crippen LogP contribution in [0.4, 0.5) is 0 Å². The maximum absolute atomic E-state index is 3.36. The summed E-state index contributed by atoms with van der Waals surface area (Å²) in [6, 6.07) is 0. The molecule has 1 heteroatoms. The van der Waals surface area contributed by atoms with Crippen molar-refractivity contribution in [3.05, 3.63) is 45.6 Å². The molecule has 0 aromatic carbocycles. The van der Waals surface area contributed by atoms with Crippen LogP contribution in [0, 0.1) is 24.0 Å². The van der Waals surface area contributed by atoms with E-state index in [4.69, 9.17) is 0 Å². The Morgan fingerprint density at radius 2 is 0.895 bits per heavy atom. The third-order valence-corrected chi connectivity index (χ3v) is 4.47. The fourth-order valence-electron chi connectivity index (χ4n) is 2.32. The molecule has 0 saturated heterocycles. The van der Waals surface area contributed by atoms with Gasteiger partial charge in [0.1, 0.15) is 0 Å². The van der Waals surface area contributed by atoms with Gasteiger partial charge in [-0.3, -0.25) is 12.2 Å². The van der Waals surface area contributed by atoms with E-state index in [-0.39, 0.29) is 17.1 Å². The normalized spacial score (nSPS) is 25.7. The Balaban J connectivity index is 0.000000324. The first kappa shape index (κ1) is 18.5. The van der Waals surface area contributed by atoms with Crippen LogP contribution in [0.5, 0.6) is 0 Å². The van der Waals surface area contributed by atoms with Gasteiger partial charge in [-0.1, -0.05) is 53.4 Å². The maximum atomic E-state index is 3.36. The Kier molecular flexibility index (Phi) is 7.11. The van der Waals surface area contributed by atoms with Crippen molar-refractivity contribution in [3.8, 4) is 0 Å². The van der Waals surface area contributed by atoms with E-state index in [1.807, 2.05) is 0 Å². The minimum Gasteiger partial charge on any atom is -0.266 e. The van der Waals surface area contributed by atoms with E-state index < -0.39 is 0 Å². The van der Waals surface area contributed by atoms with Crippen molar-refractivity contribution in [3.63, 3.8) is 0 Å². The SMILES string of the molecule is CC1=[C-]C(C)C(C)=C1C.CC1=[C-]C(C)C(C)=C1C.[Fe+2]. The van der Waals surface area contributed by atoms with Gasteiger partial charge in [0.25, 0.3) is 0 Å². The van der Waals surface area contributed by atoms with E-state index in [2.05, 4.69) is 67.5 Å². The van der Waals surface area contributed by atoms with Crippen LogP contribution < -0.4 is 0 Å². The van der Waals surface area contributed by atoms with Crippen molar-refractivity contribution >= 4 is 0 Å². The van der Waals surface area contributed by atoms with Gasteiger partial charge < -0.3 is 0 Å². The fourth-order valence-corrected chi connectivity index (χ4v) is 2.32. The van der Waals surface area contributed by atoms with Crippen LogP contribution in [0.2, 0.25) is 0 Å². The van der Waals surface area contributed by atoms with Crippen molar-refractivity contribution in [1.29, 1.82) is 0 Å².